The van der Waals surface area contributed by atoms with Gasteiger partial charge in [0, 0.05) is 13.2 Å². The molecule has 4 aromatic rings. The predicted molar refractivity (Wildman–Crippen MR) is 98.9 cm³/mol. The molecule has 4 rings (SSSR count). The summed E-state index contributed by atoms with van der Waals surface area (Å²) in [7, 11) is 1.60. The second-order valence-electron chi connectivity index (χ2n) is 6.29. The Morgan fingerprint density at radius 2 is 2.07 bits per heavy atom. The fourth-order valence-corrected chi connectivity index (χ4v) is 4.09. The highest BCUT2D eigenvalue weighted by Gasteiger charge is 2.31. The number of hydrogen-bond donors (Lipinski definition) is 0. The van der Waals surface area contributed by atoms with E-state index in [4.69, 9.17) is 11.6 Å². The first-order valence-electron chi connectivity index (χ1n) is 8.26. The Balaban J connectivity index is 2.00. The van der Waals surface area contributed by atoms with Crippen molar-refractivity contribution < 1.29 is 22.8 Å². The van der Waals surface area contributed by atoms with Crippen molar-refractivity contribution in [2.45, 2.75) is 12.7 Å². The first kappa shape index (κ1) is 19.5. The zero-order chi connectivity index (χ0) is 20.9. The van der Waals surface area contributed by atoms with Crippen LogP contribution in [0.2, 0.25) is 4.47 Å². The largest absolute Gasteiger partial charge is 0.842 e. The standard InChI is InChI=1S/C18H12ClF3N4O2S/c1-24-6-5-13-25(9-12-8-23-17(19)29-12)15(27)14(16(28)26(13)24)10-3-2-4-11(7-10)18(20,21)22/h2-8H,9H2,1H3. The van der Waals surface area contributed by atoms with Gasteiger partial charge in [-0.2, -0.15) is 13.2 Å². The number of fused-ring (bicyclic) bond motifs is 1. The summed E-state index contributed by atoms with van der Waals surface area (Å²) in [6, 6.07) is 5.77. The summed E-state index contributed by atoms with van der Waals surface area (Å²) in [4.78, 5) is 17.6. The van der Waals surface area contributed by atoms with Crippen molar-refractivity contribution in [2.75, 3.05) is 0 Å². The molecule has 0 aliphatic rings. The summed E-state index contributed by atoms with van der Waals surface area (Å²) in [5.41, 5.74) is -1.77. The van der Waals surface area contributed by atoms with Gasteiger partial charge in [-0.15, -0.1) is 11.3 Å². The number of thiazole rings is 1. The fourth-order valence-electron chi connectivity index (χ4n) is 3.12. The SMILES string of the molecule is Cn1ccc2n1c(=O)c(-c1cccc(C(F)(F)F)c1)c([O-])[n+]2Cc1cnc(Cl)s1. The minimum atomic E-state index is -4.60. The Kier molecular flexibility index (Phi) is 4.62. The molecule has 3 aromatic heterocycles. The summed E-state index contributed by atoms with van der Waals surface area (Å²) < 4.78 is 43.7. The number of benzene rings is 1. The minimum absolute atomic E-state index is 0.0724. The molecule has 0 radical (unpaired) electrons. The molecule has 0 bridgehead atoms. The minimum Gasteiger partial charge on any atom is -0.842 e. The lowest BCUT2D eigenvalue weighted by Crippen LogP contribution is -2.44. The molecule has 0 saturated heterocycles. The zero-order valence-electron chi connectivity index (χ0n) is 14.8. The zero-order valence-corrected chi connectivity index (χ0v) is 16.3. The molecule has 0 N–H and O–H groups in total. The van der Waals surface area contributed by atoms with Crippen LogP contribution in [0.4, 0.5) is 13.2 Å². The summed E-state index contributed by atoms with van der Waals surface area (Å²) in [6.07, 6.45) is -1.50. The van der Waals surface area contributed by atoms with Gasteiger partial charge < -0.3 is 5.11 Å². The molecule has 0 amide bonds. The lowest BCUT2D eigenvalue weighted by atomic mass is 10.0. The molecule has 150 valence electrons. The van der Waals surface area contributed by atoms with Crippen LogP contribution in [0.25, 0.3) is 16.8 Å². The normalized spacial score (nSPS) is 12.0. The predicted octanol–water partition coefficient (Wildman–Crippen LogP) is 2.84. The van der Waals surface area contributed by atoms with E-state index in [0.29, 0.717) is 15.0 Å². The maximum absolute atomic E-state index is 13.2. The molecule has 0 atom stereocenters. The second-order valence-corrected chi connectivity index (χ2v) is 7.99. The average Bonchev–Trinajstić information content (AvgIpc) is 3.24. The van der Waals surface area contributed by atoms with Gasteiger partial charge in [0.2, 0.25) is 0 Å². The van der Waals surface area contributed by atoms with E-state index in [1.165, 1.54) is 43.4 Å². The second kappa shape index (κ2) is 6.89. The highest BCUT2D eigenvalue weighted by atomic mass is 35.5. The highest BCUT2D eigenvalue weighted by Crippen LogP contribution is 2.32. The first-order valence-corrected chi connectivity index (χ1v) is 9.45. The third-order valence-electron chi connectivity index (χ3n) is 4.43. The quantitative estimate of drug-likeness (QED) is 0.460. The molecule has 0 aliphatic carbocycles. The molecule has 6 nitrogen and oxygen atoms in total. The Bertz CT molecular complexity index is 1290. The van der Waals surface area contributed by atoms with E-state index in [1.807, 2.05) is 0 Å². The molecule has 0 saturated carbocycles. The van der Waals surface area contributed by atoms with Crippen molar-refractivity contribution in [1.29, 1.82) is 0 Å². The number of halogens is 4. The van der Waals surface area contributed by atoms with Crippen LogP contribution in [0.1, 0.15) is 10.4 Å². The summed E-state index contributed by atoms with van der Waals surface area (Å²) in [6.45, 7) is 0.0724. The Labute approximate surface area is 170 Å². The third kappa shape index (κ3) is 3.38. The van der Waals surface area contributed by atoms with Crippen LogP contribution < -0.4 is 15.2 Å². The average molecular weight is 441 g/mol. The topological polar surface area (TPSA) is 66.2 Å². The monoisotopic (exact) mass is 440 g/mol. The van der Waals surface area contributed by atoms with E-state index in [2.05, 4.69) is 4.98 Å². The molecule has 3 heterocycles. The van der Waals surface area contributed by atoms with Crippen LogP contribution in [0, 0.1) is 0 Å². The van der Waals surface area contributed by atoms with E-state index in [-0.39, 0.29) is 17.7 Å². The molecular weight excluding hydrogens is 429 g/mol. The van der Waals surface area contributed by atoms with E-state index in [0.717, 1.165) is 12.1 Å². The van der Waals surface area contributed by atoms with Crippen LogP contribution in [0.5, 0.6) is 5.88 Å². The molecule has 0 unspecified atom stereocenters. The van der Waals surface area contributed by atoms with Gasteiger partial charge in [-0.25, -0.2) is 19.0 Å². The number of nitrogens with zero attached hydrogens (tertiary/aromatic N) is 4. The van der Waals surface area contributed by atoms with Gasteiger partial charge in [0.25, 0.3) is 0 Å². The van der Waals surface area contributed by atoms with Gasteiger partial charge in [0.05, 0.1) is 28.6 Å². The van der Waals surface area contributed by atoms with Crippen molar-refractivity contribution >= 4 is 28.6 Å². The van der Waals surface area contributed by atoms with Crippen molar-refractivity contribution in [2.24, 2.45) is 7.05 Å². The molecule has 0 spiro atoms. The lowest BCUT2D eigenvalue weighted by Gasteiger charge is -2.16. The van der Waals surface area contributed by atoms with Gasteiger partial charge in [0.1, 0.15) is 12.1 Å². The summed E-state index contributed by atoms with van der Waals surface area (Å²) in [5, 5.41) is 13.2. The Morgan fingerprint density at radius 1 is 1.31 bits per heavy atom. The van der Waals surface area contributed by atoms with Gasteiger partial charge >= 0.3 is 17.4 Å². The Hall–Kier alpha value is -2.85. The molecular formula is C18H12ClF3N4O2S. The molecule has 0 aliphatic heterocycles. The van der Waals surface area contributed by atoms with Crippen LogP contribution in [0.3, 0.4) is 0 Å². The third-order valence-corrected chi connectivity index (χ3v) is 5.53. The van der Waals surface area contributed by atoms with E-state index in [9.17, 15) is 23.1 Å². The highest BCUT2D eigenvalue weighted by molar-refractivity contribution is 7.15. The van der Waals surface area contributed by atoms with Crippen LogP contribution in [0.15, 0.2) is 47.5 Å². The van der Waals surface area contributed by atoms with Gasteiger partial charge in [-0.1, -0.05) is 28.2 Å². The van der Waals surface area contributed by atoms with E-state index in [1.54, 1.807) is 19.3 Å². The van der Waals surface area contributed by atoms with E-state index >= 15 is 0 Å². The van der Waals surface area contributed by atoms with Crippen LogP contribution in [-0.4, -0.2) is 14.2 Å². The summed E-state index contributed by atoms with van der Waals surface area (Å²) in [5.74, 6) is -0.690. The van der Waals surface area contributed by atoms with Crippen LogP contribution in [-0.2, 0) is 19.8 Å². The van der Waals surface area contributed by atoms with Crippen LogP contribution >= 0.6 is 22.9 Å². The fraction of sp³-hybridized carbons (Fsp3) is 0.167. The van der Waals surface area contributed by atoms with Gasteiger partial charge in [0.15, 0.2) is 4.47 Å². The number of alkyl halides is 3. The van der Waals surface area contributed by atoms with Crippen molar-refractivity contribution in [3.05, 3.63) is 68.0 Å². The maximum Gasteiger partial charge on any atom is 0.416 e. The molecule has 11 heteroatoms. The van der Waals surface area contributed by atoms with Crippen molar-refractivity contribution in [3.8, 4) is 17.0 Å². The Morgan fingerprint density at radius 3 is 2.72 bits per heavy atom. The molecule has 0 fully saturated rings. The number of rotatable bonds is 3. The molecule has 1 aromatic carbocycles. The van der Waals surface area contributed by atoms with Crippen molar-refractivity contribution in [1.82, 2.24) is 14.2 Å². The van der Waals surface area contributed by atoms with Gasteiger partial charge in [-0.05, 0) is 17.7 Å². The smallest absolute Gasteiger partial charge is 0.416 e. The van der Waals surface area contributed by atoms with E-state index < -0.39 is 23.2 Å². The summed E-state index contributed by atoms with van der Waals surface area (Å²) >= 11 is 7.03. The lowest BCUT2D eigenvalue weighted by molar-refractivity contribution is -0.707. The van der Waals surface area contributed by atoms with Crippen molar-refractivity contribution in [3.63, 3.8) is 0 Å². The first-order chi connectivity index (χ1) is 13.7. The number of aromatic nitrogens is 4. The number of hydrogen-bond acceptors (Lipinski definition) is 4. The number of aryl methyl sites for hydroxylation is 1. The maximum atomic E-state index is 13.2. The molecule has 29 heavy (non-hydrogen) atoms. The van der Waals surface area contributed by atoms with Gasteiger partial charge in [-0.3, -0.25) is 0 Å².